The van der Waals surface area contributed by atoms with Gasteiger partial charge >= 0.3 is 6.03 Å². The van der Waals surface area contributed by atoms with E-state index in [4.69, 9.17) is 25.8 Å². The number of carbonyl (C=O) groups excluding carboxylic acids is 3. The van der Waals surface area contributed by atoms with Crippen molar-refractivity contribution in [1.29, 1.82) is 0 Å². The largest absolute Gasteiger partial charge is 0.490 e. The molecule has 4 amide bonds. The average Bonchev–Trinajstić information content (AvgIpc) is 2.93. The maximum Gasteiger partial charge on any atom is 0.331 e. The van der Waals surface area contributed by atoms with Crippen LogP contribution in [0.25, 0.3) is 6.08 Å². The smallest absolute Gasteiger partial charge is 0.331 e. The number of nitrogens with zero attached hydrogens (tertiary/aromatic N) is 1. The summed E-state index contributed by atoms with van der Waals surface area (Å²) in [6.45, 7) is 5.02. The van der Waals surface area contributed by atoms with E-state index in [0.717, 1.165) is 16.9 Å². The lowest BCUT2D eigenvalue weighted by molar-refractivity contribution is -0.130. The molecule has 1 heterocycles. The van der Waals surface area contributed by atoms with Crippen molar-refractivity contribution in [3.8, 4) is 17.2 Å². The van der Waals surface area contributed by atoms with Crippen LogP contribution in [0.15, 0.2) is 72.3 Å². The molecule has 9 heteroatoms. The Labute approximate surface area is 232 Å². The number of halogens is 1. The fourth-order valence-corrected chi connectivity index (χ4v) is 4.11. The summed E-state index contributed by atoms with van der Waals surface area (Å²) in [5.74, 6) is -0.00435. The maximum absolute atomic E-state index is 13.4. The molecular formula is C30H29ClN2O6. The van der Waals surface area contributed by atoms with Crippen LogP contribution in [0.2, 0.25) is 5.02 Å². The lowest BCUT2D eigenvalue weighted by Gasteiger charge is -2.27. The van der Waals surface area contributed by atoms with Gasteiger partial charge in [0.25, 0.3) is 11.8 Å². The number of ether oxygens (including phenoxy) is 3. The van der Waals surface area contributed by atoms with Crippen molar-refractivity contribution in [2.45, 2.75) is 33.4 Å². The van der Waals surface area contributed by atoms with Gasteiger partial charge in [0.2, 0.25) is 0 Å². The molecule has 0 saturated carbocycles. The van der Waals surface area contributed by atoms with Gasteiger partial charge < -0.3 is 14.2 Å². The van der Waals surface area contributed by atoms with Crippen molar-refractivity contribution in [2.75, 3.05) is 13.2 Å². The highest BCUT2D eigenvalue weighted by molar-refractivity contribution is 6.32. The third kappa shape index (κ3) is 6.97. The number of urea groups is 1. The molecule has 0 aliphatic carbocycles. The molecule has 1 aliphatic heterocycles. The molecule has 1 fully saturated rings. The Morgan fingerprint density at radius 1 is 0.846 bits per heavy atom. The van der Waals surface area contributed by atoms with Gasteiger partial charge in [0.05, 0.1) is 19.8 Å². The molecule has 0 spiro atoms. The van der Waals surface area contributed by atoms with E-state index in [0.29, 0.717) is 46.6 Å². The van der Waals surface area contributed by atoms with Gasteiger partial charge in [0, 0.05) is 10.6 Å². The third-order valence-electron chi connectivity index (χ3n) is 5.80. The fourth-order valence-electron chi connectivity index (χ4n) is 3.92. The Balaban J connectivity index is 1.59. The molecule has 1 N–H and O–H groups in total. The summed E-state index contributed by atoms with van der Waals surface area (Å²) in [6, 6.07) is 18.9. The summed E-state index contributed by atoms with van der Waals surface area (Å²) >= 11 is 6.21. The first kappa shape index (κ1) is 27.7. The van der Waals surface area contributed by atoms with E-state index in [1.54, 1.807) is 36.4 Å². The number of imide groups is 2. The van der Waals surface area contributed by atoms with Crippen molar-refractivity contribution < 1.29 is 28.6 Å². The molecule has 0 atom stereocenters. The lowest BCUT2D eigenvalue weighted by atomic mass is 10.1. The highest BCUT2D eigenvalue weighted by Crippen LogP contribution is 2.31. The van der Waals surface area contributed by atoms with E-state index in [2.05, 4.69) is 5.32 Å². The number of rotatable bonds is 11. The van der Waals surface area contributed by atoms with Gasteiger partial charge in [-0.1, -0.05) is 54.9 Å². The molecule has 0 radical (unpaired) electrons. The van der Waals surface area contributed by atoms with Crippen molar-refractivity contribution in [3.05, 3.63) is 94.0 Å². The van der Waals surface area contributed by atoms with Gasteiger partial charge in [-0.25, -0.2) is 4.79 Å². The summed E-state index contributed by atoms with van der Waals surface area (Å²) in [5.41, 5.74) is 1.80. The highest BCUT2D eigenvalue weighted by atomic mass is 35.5. The topological polar surface area (TPSA) is 94.2 Å². The van der Waals surface area contributed by atoms with Crippen LogP contribution in [-0.4, -0.2) is 36.0 Å². The maximum atomic E-state index is 13.4. The van der Waals surface area contributed by atoms with E-state index >= 15 is 0 Å². The Bertz CT molecular complexity index is 1390. The molecule has 1 saturated heterocycles. The molecule has 3 aromatic rings. The van der Waals surface area contributed by atoms with E-state index in [9.17, 15) is 14.4 Å². The summed E-state index contributed by atoms with van der Waals surface area (Å²) in [6.07, 6.45) is 2.22. The number of amides is 4. The Hall–Kier alpha value is -4.30. The van der Waals surface area contributed by atoms with Crippen LogP contribution in [0.1, 0.15) is 37.0 Å². The summed E-state index contributed by atoms with van der Waals surface area (Å²) in [5, 5.41) is 2.65. The summed E-state index contributed by atoms with van der Waals surface area (Å²) < 4.78 is 17.4. The summed E-state index contributed by atoms with van der Waals surface area (Å²) in [7, 11) is 0. The van der Waals surface area contributed by atoms with Crippen LogP contribution < -0.4 is 19.5 Å². The SMILES string of the molecule is CCCOc1ccc(CN2C(=O)NC(=O)/C(=C\c3cc(Cl)ccc3OCc3ccccc3)C2=O)cc1OCC. The highest BCUT2D eigenvalue weighted by Gasteiger charge is 2.36. The zero-order valence-corrected chi connectivity index (χ0v) is 22.5. The van der Waals surface area contributed by atoms with Gasteiger partial charge in [-0.2, -0.15) is 0 Å². The van der Waals surface area contributed by atoms with Crippen LogP contribution in [-0.2, 0) is 22.7 Å². The Morgan fingerprint density at radius 2 is 1.62 bits per heavy atom. The van der Waals surface area contributed by atoms with Crippen LogP contribution in [0.5, 0.6) is 17.2 Å². The van der Waals surface area contributed by atoms with Crippen molar-refractivity contribution in [1.82, 2.24) is 10.2 Å². The molecule has 202 valence electrons. The Kier molecular flexibility index (Phi) is 9.22. The van der Waals surface area contributed by atoms with Crippen molar-refractivity contribution in [2.24, 2.45) is 0 Å². The lowest BCUT2D eigenvalue weighted by Crippen LogP contribution is -2.53. The predicted octanol–water partition coefficient (Wildman–Crippen LogP) is 5.77. The van der Waals surface area contributed by atoms with E-state index in [-0.39, 0.29) is 18.7 Å². The fraction of sp³-hybridized carbons (Fsp3) is 0.233. The van der Waals surface area contributed by atoms with E-state index < -0.39 is 17.8 Å². The molecule has 8 nitrogen and oxygen atoms in total. The van der Waals surface area contributed by atoms with Gasteiger partial charge in [-0.05, 0) is 60.9 Å². The monoisotopic (exact) mass is 548 g/mol. The number of hydrogen-bond donors (Lipinski definition) is 1. The van der Waals surface area contributed by atoms with Crippen LogP contribution in [0.4, 0.5) is 4.79 Å². The van der Waals surface area contributed by atoms with Crippen molar-refractivity contribution >= 4 is 35.5 Å². The van der Waals surface area contributed by atoms with Crippen LogP contribution in [0, 0.1) is 0 Å². The van der Waals surface area contributed by atoms with E-state index in [1.807, 2.05) is 44.2 Å². The van der Waals surface area contributed by atoms with Crippen LogP contribution >= 0.6 is 11.6 Å². The Morgan fingerprint density at radius 3 is 2.36 bits per heavy atom. The van der Waals surface area contributed by atoms with Gasteiger partial charge in [0.1, 0.15) is 17.9 Å². The van der Waals surface area contributed by atoms with Gasteiger partial charge in [-0.15, -0.1) is 0 Å². The van der Waals surface area contributed by atoms with Crippen LogP contribution in [0.3, 0.4) is 0 Å². The molecule has 39 heavy (non-hydrogen) atoms. The quantitative estimate of drug-likeness (QED) is 0.241. The number of nitrogens with one attached hydrogen (secondary N) is 1. The predicted molar refractivity (Wildman–Crippen MR) is 148 cm³/mol. The second-order valence-corrected chi connectivity index (χ2v) is 9.16. The summed E-state index contributed by atoms with van der Waals surface area (Å²) in [4.78, 5) is 39.7. The first-order valence-electron chi connectivity index (χ1n) is 12.6. The van der Waals surface area contributed by atoms with Crippen molar-refractivity contribution in [3.63, 3.8) is 0 Å². The molecular weight excluding hydrogens is 520 g/mol. The minimum Gasteiger partial charge on any atom is -0.490 e. The molecule has 0 bridgehead atoms. The molecule has 1 aliphatic rings. The zero-order valence-electron chi connectivity index (χ0n) is 21.7. The second-order valence-electron chi connectivity index (χ2n) is 8.73. The number of carbonyl (C=O) groups is 3. The molecule has 3 aromatic carbocycles. The first-order chi connectivity index (χ1) is 18.9. The normalized spacial score (nSPS) is 14.4. The molecule has 4 rings (SSSR count). The molecule has 0 unspecified atom stereocenters. The second kappa shape index (κ2) is 13.0. The third-order valence-corrected chi connectivity index (χ3v) is 6.04. The standard InChI is InChI=1S/C30H29ClN2O6/c1-3-14-38-26-12-10-21(15-27(26)37-4-2)18-33-29(35)24(28(34)32-30(33)36)17-22-16-23(31)11-13-25(22)39-19-20-8-6-5-7-9-20/h5-13,15-17H,3-4,14,18-19H2,1-2H3,(H,32,34,36)/b24-17+. The average molecular weight is 549 g/mol. The van der Waals surface area contributed by atoms with Gasteiger partial charge in [-0.3, -0.25) is 19.8 Å². The number of barbiturate groups is 1. The molecule has 0 aromatic heterocycles. The van der Waals surface area contributed by atoms with Gasteiger partial charge in [0.15, 0.2) is 11.5 Å². The van der Waals surface area contributed by atoms with E-state index in [1.165, 1.54) is 6.08 Å². The minimum atomic E-state index is -0.807. The number of benzene rings is 3. The first-order valence-corrected chi connectivity index (χ1v) is 13.0. The minimum absolute atomic E-state index is 0.0731. The zero-order chi connectivity index (χ0) is 27.8. The number of hydrogen-bond acceptors (Lipinski definition) is 6.